The van der Waals surface area contributed by atoms with E-state index in [-0.39, 0.29) is 5.97 Å². The number of carbonyl (C=O) groups is 1. The second kappa shape index (κ2) is 6.53. The maximum absolute atomic E-state index is 11.0. The Balaban J connectivity index is 1.72. The zero-order valence-corrected chi connectivity index (χ0v) is 11.4. The van der Waals surface area contributed by atoms with E-state index < -0.39 is 0 Å². The van der Waals surface area contributed by atoms with Crippen LogP contribution in [0.4, 0.5) is 0 Å². The van der Waals surface area contributed by atoms with E-state index in [1.54, 1.807) is 0 Å². The number of ether oxygens (including phenoxy) is 2. The lowest BCUT2D eigenvalue weighted by Crippen LogP contribution is -2.45. The predicted molar refractivity (Wildman–Crippen MR) is 69.4 cm³/mol. The van der Waals surface area contributed by atoms with Gasteiger partial charge >= 0.3 is 5.97 Å². The van der Waals surface area contributed by atoms with E-state index in [1.807, 2.05) is 0 Å². The molecule has 1 spiro atoms. The van der Waals surface area contributed by atoms with Crippen LogP contribution in [0.5, 0.6) is 0 Å². The van der Waals surface area contributed by atoms with Crippen molar-refractivity contribution in [1.82, 2.24) is 5.32 Å². The van der Waals surface area contributed by atoms with Gasteiger partial charge < -0.3 is 14.8 Å². The van der Waals surface area contributed by atoms with Gasteiger partial charge in [-0.2, -0.15) is 0 Å². The Kier molecular flexibility index (Phi) is 5.01. The van der Waals surface area contributed by atoms with Crippen LogP contribution in [0.15, 0.2) is 0 Å². The van der Waals surface area contributed by atoms with E-state index in [1.165, 1.54) is 39.2 Å². The van der Waals surface area contributed by atoms with Crippen molar-refractivity contribution in [2.45, 2.75) is 51.0 Å². The molecule has 1 unspecified atom stereocenters. The van der Waals surface area contributed by atoms with E-state index in [9.17, 15) is 4.79 Å². The molecule has 0 aromatic rings. The molecule has 2 aliphatic rings. The molecule has 0 aromatic carbocycles. The van der Waals surface area contributed by atoms with Crippen molar-refractivity contribution in [3.05, 3.63) is 0 Å². The summed E-state index contributed by atoms with van der Waals surface area (Å²) < 4.78 is 10.1. The highest BCUT2D eigenvalue weighted by molar-refractivity contribution is 5.69. The van der Waals surface area contributed by atoms with Gasteiger partial charge in [0.2, 0.25) is 0 Å². The summed E-state index contributed by atoms with van der Waals surface area (Å²) in [5.74, 6) is -0.107. The van der Waals surface area contributed by atoms with Gasteiger partial charge in [0.25, 0.3) is 0 Å². The minimum Gasteiger partial charge on any atom is -0.469 e. The summed E-state index contributed by atoms with van der Waals surface area (Å²) in [4.78, 5) is 11.0. The average molecular weight is 255 g/mol. The highest BCUT2D eigenvalue weighted by Gasteiger charge is 2.43. The average Bonchev–Trinajstić information content (AvgIpc) is 2.78. The standard InChI is InChI=1S/C14H25NO3/c1-17-13(16)5-3-9-15-12-4-2-6-14(12)7-10-18-11-8-14/h12,15H,2-11H2,1H3. The molecule has 1 heterocycles. The van der Waals surface area contributed by atoms with Crippen LogP contribution in [0.2, 0.25) is 0 Å². The third kappa shape index (κ3) is 3.23. The zero-order chi connectivity index (χ0) is 12.8. The molecular weight excluding hydrogens is 230 g/mol. The molecule has 4 heteroatoms. The molecule has 1 aliphatic carbocycles. The van der Waals surface area contributed by atoms with Crippen LogP contribution in [-0.4, -0.2) is 38.9 Å². The minimum atomic E-state index is -0.107. The number of carbonyl (C=O) groups excluding carboxylic acids is 1. The van der Waals surface area contributed by atoms with Gasteiger partial charge in [-0.1, -0.05) is 6.42 Å². The first-order valence-electron chi connectivity index (χ1n) is 7.15. The lowest BCUT2D eigenvalue weighted by Gasteiger charge is -2.39. The number of nitrogens with one attached hydrogen (secondary N) is 1. The maximum Gasteiger partial charge on any atom is 0.305 e. The Bertz CT molecular complexity index is 274. The largest absolute Gasteiger partial charge is 0.469 e. The molecule has 0 amide bonds. The van der Waals surface area contributed by atoms with Crippen molar-refractivity contribution in [2.75, 3.05) is 26.9 Å². The highest BCUT2D eigenvalue weighted by Crippen LogP contribution is 2.45. The maximum atomic E-state index is 11.0. The van der Waals surface area contributed by atoms with Crippen LogP contribution in [0.25, 0.3) is 0 Å². The molecule has 4 nitrogen and oxygen atoms in total. The van der Waals surface area contributed by atoms with Gasteiger partial charge in [0.15, 0.2) is 0 Å². The zero-order valence-electron chi connectivity index (χ0n) is 11.4. The summed E-state index contributed by atoms with van der Waals surface area (Å²) in [6.45, 7) is 2.75. The van der Waals surface area contributed by atoms with Crippen LogP contribution in [0, 0.1) is 5.41 Å². The minimum absolute atomic E-state index is 0.107. The van der Waals surface area contributed by atoms with Crippen molar-refractivity contribution < 1.29 is 14.3 Å². The first-order chi connectivity index (χ1) is 8.77. The van der Waals surface area contributed by atoms with Crippen molar-refractivity contribution in [2.24, 2.45) is 5.41 Å². The van der Waals surface area contributed by atoms with Crippen molar-refractivity contribution in [1.29, 1.82) is 0 Å². The molecule has 1 saturated carbocycles. The monoisotopic (exact) mass is 255 g/mol. The van der Waals surface area contributed by atoms with Crippen molar-refractivity contribution >= 4 is 5.97 Å². The Labute approximate surface area is 109 Å². The third-order valence-corrected chi connectivity index (χ3v) is 4.57. The molecule has 0 aromatic heterocycles. The van der Waals surface area contributed by atoms with Gasteiger partial charge in [0.1, 0.15) is 0 Å². The summed E-state index contributed by atoms with van der Waals surface area (Å²) in [7, 11) is 1.45. The van der Waals surface area contributed by atoms with Crippen LogP contribution < -0.4 is 5.32 Å². The van der Waals surface area contributed by atoms with Gasteiger partial charge in [0, 0.05) is 25.7 Å². The third-order valence-electron chi connectivity index (χ3n) is 4.57. The Morgan fingerprint density at radius 3 is 2.89 bits per heavy atom. The number of esters is 1. The van der Waals surface area contributed by atoms with E-state index in [4.69, 9.17) is 4.74 Å². The molecule has 1 saturated heterocycles. The first-order valence-corrected chi connectivity index (χ1v) is 7.15. The smallest absolute Gasteiger partial charge is 0.305 e. The van der Waals surface area contributed by atoms with Crippen molar-refractivity contribution in [3.8, 4) is 0 Å². The SMILES string of the molecule is COC(=O)CCCNC1CCCC12CCOCC2. The Morgan fingerprint density at radius 2 is 2.17 bits per heavy atom. The number of rotatable bonds is 5. The van der Waals surface area contributed by atoms with Gasteiger partial charge in [-0.15, -0.1) is 0 Å². The normalized spacial score (nSPS) is 26.4. The predicted octanol–water partition coefficient (Wildman–Crippen LogP) is 1.88. The Morgan fingerprint density at radius 1 is 1.39 bits per heavy atom. The molecule has 2 rings (SSSR count). The summed E-state index contributed by atoms with van der Waals surface area (Å²) in [5.41, 5.74) is 0.476. The first kappa shape index (κ1) is 13.8. The molecule has 104 valence electrons. The Hall–Kier alpha value is -0.610. The molecule has 0 radical (unpaired) electrons. The molecule has 18 heavy (non-hydrogen) atoms. The van der Waals surface area contributed by atoms with E-state index in [2.05, 4.69) is 10.1 Å². The van der Waals surface area contributed by atoms with Crippen LogP contribution in [0.3, 0.4) is 0 Å². The van der Waals surface area contributed by atoms with Crippen LogP contribution >= 0.6 is 0 Å². The summed E-state index contributed by atoms with van der Waals surface area (Å²) in [5, 5.41) is 3.66. The van der Waals surface area contributed by atoms with E-state index >= 15 is 0 Å². The molecule has 1 atom stereocenters. The molecule has 0 bridgehead atoms. The van der Waals surface area contributed by atoms with E-state index in [0.29, 0.717) is 17.9 Å². The van der Waals surface area contributed by atoms with Gasteiger partial charge in [-0.05, 0) is 44.1 Å². The van der Waals surface area contributed by atoms with Crippen molar-refractivity contribution in [3.63, 3.8) is 0 Å². The van der Waals surface area contributed by atoms with Crippen LogP contribution in [-0.2, 0) is 14.3 Å². The second-order valence-corrected chi connectivity index (χ2v) is 5.55. The number of hydrogen-bond donors (Lipinski definition) is 1. The fourth-order valence-corrected chi connectivity index (χ4v) is 3.44. The topological polar surface area (TPSA) is 47.6 Å². The second-order valence-electron chi connectivity index (χ2n) is 5.55. The fourth-order valence-electron chi connectivity index (χ4n) is 3.44. The lowest BCUT2D eigenvalue weighted by molar-refractivity contribution is -0.140. The summed E-state index contributed by atoms with van der Waals surface area (Å²) >= 11 is 0. The molecule has 1 N–H and O–H groups in total. The fraction of sp³-hybridized carbons (Fsp3) is 0.929. The van der Waals surface area contributed by atoms with Gasteiger partial charge in [-0.3, -0.25) is 4.79 Å². The van der Waals surface area contributed by atoms with Gasteiger partial charge in [-0.25, -0.2) is 0 Å². The number of hydrogen-bond acceptors (Lipinski definition) is 4. The number of methoxy groups -OCH3 is 1. The summed E-state index contributed by atoms with van der Waals surface area (Å²) in [6.07, 6.45) is 7.73. The molecule has 2 fully saturated rings. The van der Waals surface area contributed by atoms with Gasteiger partial charge in [0.05, 0.1) is 7.11 Å². The van der Waals surface area contributed by atoms with Crippen LogP contribution in [0.1, 0.15) is 44.9 Å². The highest BCUT2D eigenvalue weighted by atomic mass is 16.5. The molecule has 1 aliphatic heterocycles. The summed E-state index contributed by atoms with van der Waals surface area (Å²) in [6, 6.07) is 0.624. The molecular formula is C14H25NO3. The lowest BCUT2D eigenvalue weighted by atomic mass is 9.75. The quantitative estimate of drug-likeness (QED) is 0.602. The van der Waals surface area contributed by atoms with E-state index in [0.717, 1.165) is 26.2 Å².